The SMILES string of the molecule is CC1=C2C3CCC(C4C(=O)OC(=O)C34)C2C2C(=O)OC(=O)C2C1. The summed E-state index contributed by atoms with van der Waals surface area (Å²) in [5.74, 6) is -3.81. The lowest BCUT2D eigenvalue weighted by atomic mass is 9.47. The van der Waals surface area contributed by atoms with E-state index in [1.165, 1.54) is 0 Å². The molecule has 0 aromatic rings. The molecule has 3 saturated carbocycles. The largest absolute Gasteiger partial charge is 0.393 e. The summed E-state index contributed by atoms with van der Waals surface area (Å²) < 4.78 is 9.79. The summed E-state index contributed by atoms with van der Waals surface area (Å²) in [6.07, 6.45) is 2.16. The van der Waals surface area contributed by atoms with Crippen LogP contribution in [0.4, 0.5) is 0 Å². The summed E-state index contributed by atoms with van der Waals surface area (Å²) in [6.45, 7) is 1.98. The average Bonchev–Trinajstić information content (AvgIpc) is 2.98. The number of hydrogen-bond donors (Lipinski definition) is 0. The molecule has 0 aromatic carbocycles. The van der Waals surface area contributed by atoms with Crippen molar-refractivity contribution in [1.82, 2.24) is 0 Å². The number of carbonyl (C=O) groups is 4. The predicted molar refractivity (Wildman–Crippen MR) is 73.2 cm³/mol. The maximum atomic E-state index is 12.2. The first kappa shape index (κ1) is 13.5. The molecule has 7 unspecified atom stereocenters. The first-order valence-electron chi connectivity index (χ1n) is 8.19. The summed E-state index contributed by atoms with van der Waals surface area (Å²) in [7, 11) is 0. The van der Waals surface area contributed by atoms with E-state index < -0.39 is 47.5 Å². The van der Waals surface area contributed by atoms with E-state index in [9.17, 15) is 19.2 Å². The first-order chi connectivity index (χ1) is 11.0. The van der Waals surface area contributed by atoms with E-state index in [4.69, 9.17) is 9.47 Å². The monoisotopic (exact) mass is 316 g/mol. The van der Waals surface area contributed by atoms with Gasteiger partial charge in [-0.2, -0.15) is 0 Å². The van der Waals surface area contributed by atoms with Crippen molar-refractivity contribution in [2.24, 2.45) is 41.4 Å². The molecule has 0 spiro atoms. The summed E-state index contributed by atoms with van der Waals surface area (Å²) in [5, 5.41) is 0. The first-order valence-corrected chi connectivity index (χ1v) is 8.19. The van der Waals surface area contributed by atoms with Crippen LogP contribution in [0.3, 0.4) is 0 Å². The number of fused-ring (bicyclic) bond motifs is 2. The van der Waals surface area contributed by atoms with Gasteiger partial charge in [-0.3, -0.25) is 19.2 Å². The average molecular weight is 316 g/mol. The third-order valence-corrected chi connectivity index (χ3v) is 6.67. The van der Waals surface area contributed by atoms with Crippen molar-refractivity contribution in [3.63, 3.8) is 0 Å². The predicted octanol–water partition coefficient (Wildman–Crippen LogP) is 0.994. The Morgan fingerprint density at radius 3 is 2.09 bits per heavy atom. The van der Waals surface area contributed by atoms with Crippen LogP contribution in [0.25, 0.3) is 0 Å². The molecular formula is C17H16O6. The lowest BCUT2D eigenvalue weighted by molar-refractivity contribution is -0.156. The maximum Gasteiger partial charge on any atom is 0.318 e. The van der Waals surface area contributed by atoms with E-state index in [-0.39, 0.29) is 17.8 Å². The van der Waals surface area contributed by atoms with Crippen LogP contribution in [0.2, 0.25) is 0 Å². The number of allylic oxidation sites excluding steroid dienone is 2. The highest BCUT2D eigenvalue weighted by molar-refractivity contribution is 5.99. The summed E-state index contributed by atoms with van der Waals surface area (Å²) in [5.41, 5.74) is 2.21. The molecule has 0 radical (unpaired) electrons. The van der Waals surface area contributed by atoms with Gasteiger partial charge in [-0.05, 0) is 43.9 Å². The molecule has 0 amide bonds. The van der Waals surface area contributed by atoms with Crippen molar-refractivity contribution in [3.8, 4) is 0 Å². The van der Waals surface area contributed by atoms with Crippen molar-refractivity contribution in [3.05, 3.63) is 11.1 Å². The number of ether oxygens (including phenoxy) is 2. The summed E-state index contributed by atoms with van der Waals surface area (Å²) in [6, 6.07) is 0. The van der Waals surface area contributed by atoms with E-state index >= 15 is 0 Å². The molecule has 7 atom stereocenters. The van der Waals surface area contributed by atoms with Gasteiger partial charge >= 0.3 is 23.9 Å². The number of hydrogen-bond acceptors (Lipinski definition) is 6. The van der Waals surface area contributed by atoms with Crippen LogP contribution in [-0.4, -0.2) is 23.9 Å². The van der Waals surface area contributed by atoms with Crippen LogP contribution >= 0.6 is 0 Å². The van der Waals surface area contributed by atoms with Gasteiger partial charge in [0, 0.05) is 0 Å². The van der Waals surface area contributed by atoms with E-state index in [0.29, 0.717) is 6.42 Å². The normalized spacial score (nSPS) is 47.3. The Morgan fingerprint density at radius 2 is 1.35 bits per heavy atom. The minimum absolute atomic E-state index is 0.0293. The van der Waals surface area contributed by atoms with Gasteiger partial charge in [0.1, 0.15) is 0 Å². The lowest BCUT2D eigenvalue weighted by Gasteiger charge is -2.53. The Balaban J connectivity index is 1.68. The number of rotatable bonds is 0. The zero-order valence-electron chi connectivity index (χ0n) is 12.6. The zero-order chi connectivity index (χ0) is 16.0. The van der Waals surface area contributed by atoms with Gasteiger partial charge in [-0.15, -0.1) is 0 Å². The molecule has 2 saturated heterocycles. The minimum atomic E-state index is -0.488. The molecule has 4 aliphatic carbocycles. The molecule has 6 heteroatoms. The van der Waals surface area contributed by atoms with Gasteiger partial charge in [0.15, 0.2) is 0 Å². The van der Waals surface area contributed by atoms with Gasteiger partial charge in [0.25, 0.3) is 0 Å². The Morgan fingerprint density at radius 1 is 0.739 bits per heavy atom. The molecule has 2 bridgehead atoms. The second kappa shape index (κ2) is 4.10. The van der Waals surface area contributed by atoms with Crippen molar-refractivity contribution < 1.29 is 28.7 Å². The Hall–Kier alpha value is -1.98. The molecule has 5 fully saturated rings. The van der Waals surface area contributed by atoms with E-state index in [2.05, 4.69) is 0 Å². The highest BCUT2D eigenvalue weighted by atomic mass is 16.6. The summed E-state index contributed by atoms with van der Waals surface area (Å²) >= 11 is 0. The van der Waals surface area contributed by atoms with E-state index in [0.717, 1.165) is 24.0 Å². The molecule has 2 aliphatic heterocycles. The van der Waals surface area contributed by atoms with Crippen LogP contribution < -0.4 is 0 Å². The van der Waals surface area contributed by atoms with Crippen molar-refractivity contribution >= 4 is 23.9 Å². The third-order valence-electron chi connectivity index (χ3n) is 6.67. The standard InChI is InChI=1S/C17H16O6/c1-5-4-8-13(17(21)22-14(8)18)10-7-3-2-6(9(5)10)11-12(7)16(20)23-15(11)19/h6-8,10-13H,2-4H2,1H3. The maximum absolute atomic E-state index is 12.2. The van der Waals surface area contributed by atoms with Gasteiger partial charge < -0.3 is 9.47 Å². The molecular weight excluding hydrogens is 300 g/mol. The van der Waals surface area contributed by atoms with Crippen molar-refractivity contribution in [2.45, 2.75) is 26.2 Å². The zero-order valence-corrected chi connectivity index (χ0v) is 12.6. The number of carbonyl (C=O) groups excluding carboxylic acids is 4. The second-order valence-corrected chi connectivity index (χ2v) is 7.48. The fraction of sp³-hybridized carbons (Fsp3) is 0.647. The van der Waals surface area contributed by atoms with Gasteiger partial charge in [0.2, 0.25) is 0 Å². The molecule has 120 valence electrons. The number of cyclic esters (lactones) is 4. The van der Waals surface area contributed by atoms with Gasteiger partial charge in [0.05, 0.1) is 23.7 Å². The Labute approximate surface area is 132 Å². The van der Waals surface area contributed by atoms with Gasteiger partial charge in [-0.1, -0.05) is 11.1 Å². The van der Waals surface area contributed by atoms with Crippen LogP contribution in [0.5, 0.6) is 0 Å². The topological polar surface area (TPSA) is 86.7 Å². The van der Waals surface area contributed by atoms with Crippen LogP contribution in [-0.2, 0) is 28.7 Å². The van der Waals surface area contributed by atoms with Crippen molar-refractivity contribution in [2.75, 3.05) is 0 Å². The fourth-order valence-corrected chi connectivity index (χ4v) is 6.01. The van der Waals surface area contributed by atoms with Crippen LogP contribution in [0, 0.1) is 41.4 Å². The van der Waals surface area contributed by atoms with Gasteiger partial charge in [-0.25, -0.2) is 0 Å². The smallest absolute Gasteiger partial charge is 0.318 e. The third kappa shape index (κ3) is 1.45. The Bertz CT molecular complexity index is 719. The van der Waals surface area contributed by atoms with Crippen molar-refractivity contribution in [1.29, 1.82) is 0 Å². The molecule has 6 aliphatic rings. The second-order valence-electron chi connectivity index (χ2n) is 7.48. The molecule has 2 heterocycles. The highest BCUT2D eigenvalue weighted by Gasteiger charge is 2.66. The fourth-order valence-electron chi connectivity index (χ4n) is 6.01. The molecule has 6 rings (SSSR count). The van der Waals surface area contributed by atoms with E-state index in [1.807, 2.05) is 6.92 Å². The lowest BCUT2D eigenvalue weighted by Crippen LogP contribution is -2.53. The molecule has 0 aromatic heterocycles. The van der Waals surface area contributed by atoms with E-state index in [1.54, 1.807) is 0 Å². The Kier molecular flexibility index (Phi) is 2.40. The van der Waals surface area contributed by atoms with Crippen LogP contribution in [0.15, 0.2) is 11.1 Å². The highest BCUT2D eigenvalue weighted by Crippen LogP contribution is 2.63. The molecule has 6 nitrogen and oxygen atoms in total. The van der Waals surface area contributed by atoms with Crippen LogP contribution in [0.1, 0.15) is 26.2 Å². The number of esters is 4. The summed E-state index contributed by atoms with van der Waals surface area (Å²) in [4.78, 5) is 48.5. The molecule has 23 heavy (non-hydrogen) atoms. The quantitative estimate of drug-likeness (QED) is 0.376. The minimum Gasteiger partial charge on any atom is -0.393 e. The molecule has 0 N–H and O–H groups in total.